The van der Waals surface area contributed by atoms with Gasteiger partial charge >= 0.3 is 6.03 Å². The van der Waals surface area contributed by atoms with Crippen LogP contribution >= 0.6 is 0 Å². The number of amides is 2. The van der Waals surface area contributed by atoms with Gasteiger partial charge in [0.25, 0.3) is 0 Å². The molecular formula is C29H30N4O6. The van der Waals surface area contributed by atoms with E-state index in [-0.39, 0.29) is 0 Å². The topological polar surface area (TPSA) is 116 Å². The molecule has 202 valence electrons. The molecule has 3 aromatic carbocycles. The van der Waals surface area contributed by atoms with E-state index < -0.39 is 11.6 Å². The number of hydrogen-bond acceptors (Lipinski definition) is 7. The van der Waals surface area contributed by atoms with Gasteiger partial charge in [0.15, 0.2) is 17.2 Å². The van der Waals surface area contributed by atoms with Gasteiger partial charge in [-0.1, -0.05) is 0 Å². The maximum absolute atomic E-state index is 12.9. The van der Waals surface area contributed by atoms with Crippen LogP contribution in [0.3, 0.4) is 0 Å². The molecule has 5 rings (SSSR count). The fraction of sp³-hybridized carbons (Fsp3) is 0.241. The summed E-state index contributed by atoms with van der Waals surface area (Å²) in [5, 5.41) is 5.73. The molecule has 4 aromatic rings. The fourth-order valence-corrected chi connectivity index (χ4v) is 4.47. The summed E-state index contributed by atoms with van der Waals surface area (Å²) in [5.74, 6) is 3.37. The van der Waals surface area contributed by atoms with Crippen LogP contribution < -0.4 is 34.3 Å². The highest BCUT2D eigenvalue weighted by Crippen LogP contribution is 2.42. The molecule has 3 N–H and O–H groups in total. The van der Waals surface area contributed by atoms with E-state index in [1.165, 1.54) is 0 Å². The summed E-state index contributed by atoms with van der Waals surface area (Å²) in [6.45, 7) is 3.95. The Morgan fingerprint density at radius 1 is 0.897 bits per heavy atom. The monoisotopic (exact) mass is 530 g/mol. The number of benzene rings is 3. The van der Waals surface area contributed by atoms with Crippen molar-refractivity contribution in [3.63, 3.8) is 0 Å². The summed E-state index contributed by atoms with van der Waals surface area (Å²) in [7, 11) is 6.24. The highest BCUT2D eigenvalue weighted by Gasteiger charge is 2.25. The first-order valence-corrected chi connectivity index (χ1v) is 12.2. The zero-order chi connectivity index (χ0) is 27.7. The van der Waals surface area contributed by atoms with Gasteiger partial charge in [-0.05, 0) is 68.5 Å². The summed E-state index contributed by atoms with van der Waals surface area (Å²) < 4.78 is 27.9. The number of anilines is 2. The lowest BCUT2D eigenvalue weighted by Gasteiger charge is -2.29. The zero-order valence-electron chi connectivity index (χ0n) is 22.6. The number of ether oxygens (including phenoxy) is 5. The molecule has 0 atom stereocenters. The second kappa shape index (κ2) is 10.1. The number of carbonyl (C=O) groups excluding carboxylic acids is 1. The number of H-pyrrole nitrogens is 1. The van der Waals surface area contributed by atoms with E-state index in [0.29, 0.717) is 45.9 Å². The normalized spacial score (nSPS) is 13.3. The lowest BCUT2D eigenvalue weighted by atomic mass is 10.0. The summed E-state index contributed by atoms with van der Waals surface area (Å²) in [6, 6.07) is 12.2. The quantitative estimate of drug-likeness (QED) is 0.265. The van der Waals surface area contributed by atoms with Crippen molar-refractivity contribution in [3.8, 4) is 40.1 Å². The zero-order valence-corrected chi connectivity index (χ0v) is 22.6. The molecule has 0 radical (unpaired) electrons. The molecule has 0 spiro atoms. The largest absolute Gasteiger partial charge is 0.494 e. The molecule has 0 unspecified atom stereocenters. The lowest BCUT2D eigenvalue weighted by molar-refractivity contribution is 0.158. The van der Waals surface area contributed by atoms with Crippen LogP contribution in [0.25, 0.3) is 28.5 Å². The lowest BCUT2D eigenvalue weighted by Crippen LogP contribution is -2.27. The first kappa shape index (κ1) is 25.8. The Morgan fingerprint density at radius 2 is 1.62 bits per heavy atom. The second-order valence-corrected chi connectivity index (χ2v) is 9.41. The minimum Gasteiger partial charge on any atom is -0.494 e. The number of methoxy groups -OCH3 is 4. The summed E-state index contributed by atoms with van der Waals surface area (Å²) in [6.07, 6.45) is 3.90. The van der Waals surface area contributed by atoms with Crippen LogP contribution in [-0.4, -0.2) is 50.0 Å². The molecule has 1 aromatic heterocycles. The summed E-state index contributed by atoms with van der Waals surface area (Å²) in [5.41, 5.74) is 3.70. The molecule has 0 saturated carbocycles. The van der Waals surface area contributed by atoms with E-state index in [1.807, 2.05) is 56.3 Å². The van der Waals surface area contributed by atoms with Crippen molar-refractivity contribution in [1.29, 1.82) is 0 Å². The third-order valence-electron chi connectivity index (χ3n) is 6.31. The Balaban J connectivity index is 1.37. The van der Waals surface area contributed by atoms with Gasteiger partial charge in [0.1, 0.15) is 17.2 Å². The highest BCUT2D eigenvalue weighted by molar-refractivity contribution is 6.02. The van der Waals surface area contributed by atoms with Crippen molar-refractivity contribution in [3.05, 3.63) is 54.1 Å². The molecule has 2 amide bonds. The predicted molar refractivity (Wildman–Crippen MR) is 151 cm³/mol. The van der Waals surface area contributed by atoms with E-state index in [2.05, 4.69) is 20.6 Å². The van der Waals surface area contributed by atoms with Crippen molar-refractivity contribution in [2.45, 2.75) is 19.4 Å². The van der Waals surface area contributed by atoms with E-state index in [9.17, 15) is 4.79 Å². The van der Waals surface area contributed by atoms with Gasteiger partial charge in [-0.3, -0.25) is 0 Å². The third kappa shape index (κ3) is 5.00. The van der Waals surface area contributed by atoms with Crippen LogP contribution in [0.2, 0.25) is 0 Å². The van der Waals surface area contributed by atoms with Crippen LogP contribution in [0.5, 0.6) is 28.7 Å². The molecular weight excluding hydrogens is 500 g/mol. The number of aromatic amines is 1. The van der Waals surface area contributed by atoms with E-state index in [4.69, 9.17) is 23.7 Å². The molecule has 10 nitrogen and oxygen atoms in total. The molecule has 1 aliphatic heterocycles. The number of fused-ring (bicyclic) bond motifs is 2. The Labute approximate surface area is 225 Å². The highest BCUT2D eigenvalue weighted by atomic mass is 16.5. The molecule has 39 heavy (non-hydrogen) atoms. The first-order valence-electron chi connectivity index (χ1n) is 12.2. The standard InChI is InChI=1S/C29H30N4O6/c1-29(2)12-11-18-22(39-29)10-9-20(25(18)37-5)33-28(34)30-17-7-8-19-21(15-17)32-27(31-19)16-13-23(35-3)26(38-6)24(14-16)36-4/h7-15H,1-6H3,(H,31,32)(H2,30,33,34). The number of nitrogens with one attached hydrogen (secondary N) is 3. The van der Waals surface area contributed by atoms with Gasteiger partial charge in [0.05, 0.1) is 50.7 Å². The summed E-state index contributed by atoms with van der Waals surface area (Å²) >= 11 is 0. The van der Waals surface area contributed by atoms with Gasteiger partial charge in [0, 0.05) is 11.3 Å². The van der Waals surface area contributed by atoms with Crippen molar-refractivity contribution in [1.82, 2.24) is 9.97 Å². The van der Waals surface area contributed by atoms with Gasteiger partial charge in [0.2, 0.25) is 5.75 Å². The molecule has 0 fully saturated rings. The van der Waals surface area contributed by atoms with Crippen molar-refractivity contribution in [2.75, 3.05) is 39.1 Å². The maximum Gasteiger partial charge on any atom is 0.323 e. The molecule has 0 bridgehead atoms. The minimum absolute atomic E-state index is 0.416. The van der Waals surface area contributed by atoms with Crippen molar-refractivity contribution < 1.29 is 28.5 Å². The van der Waals surface area contributed by atoms with Crippen molar-refractivity contribution in [2.24, 2.45) is 0 Å². The molecule has 1 aliphatic rings. The van der Waals surface area contributed by atoms with Gasteiger partial charge in [-0.25, -0.2) is 9.78 Å². The number of aromatic nitrogens is 2. The second-order valence-electron chi connectivity index (χ2n) is 9.41. The molecule has 0 saturated heterocycles. The smallest absolute Gasteiger partial charge is 0.323 e. The van der Waals surface area contributed by atoms with Crippen LogP contribution in [0, 0.1) is 0 Å². The van der Waals surface area contributed by atoms with Gasteiger partial charge < -0.3 is 39.3 Å². The molecule has 2 heterocycles. The first-order chi connectivity index (χ1) is 18.7. The SMILES string of the molecule is COc1cc(-c2nc3ccc(NC(=O)Nc4ccc5c(c4OC)C=CC(C)(C)O5)cc3[nH]2)cc(OC)c1OC. The molecule has 0 aliphatic carbocycles. The number of nitrogens with zero attached hydrogens (tertiary/aromatic N) is 1. The fourth-order valence-electron chi connectivity index (χ4n) is 4.47. The number of imidazole rings is 1. The van der Waals surface area contributed by atoms with Gasteiger partial charge in [-0.2, -0.15) is 0 Å². The van der Waals surface area contributed by atoms with Crippen LogP contribution in [-0.2, 0) is 0 Å². The molecule has 10 heteroatoms. The maximum atomic E-state index is 12.9. The Bertz CT molecular complexity index is 1570. The third-order valence-corrected chi connectivity index (χ3v) is 6.31. The number of carbonyl (C=O) groups is 1. The van der Waals surface area contributed by atoms with Gasteiger partial charge in [-0.15, -0.1) is 0 Å². The minimum atomic E-state index is -0.419. The van der Waals surface area contributed by atoms with E-state index in [1.54, 1.807) is 40.6 Å². The Hall–Kier alpha value is -4.86. The van der Waals surface area contributed by atoms with E-state index in [0.717, 1.165) is 22.2 Å². The van der Waals surface area contributed by atoms with Crippen LogP contribution in [0.4, 0.5) is 16.2 Å². The number of hydrogen-bond donors (Lipinski definition) is 3. The average molecular weight is 531 g/mol. The summed E-state index contributed by atoms with van der Waals surface area (Å²) in [4.78, 5) is 20.9. The number of urea groups is 1. The van der Waals surface area contributed by atoms with Crippen LogP contribution in [0.15, 0.2) is 48.5 Å². The predicted octanol–water partition coefficient (Wildman–Crippen LogP) is 6.09. The Morgan fingerprint density at radius 3 is 2.28 bits per heavy atom. The van der Waals surface area contributed by atoms with Crippen LogP contribution in [0.1, 0.15) is 19.4 Å². The average Bonchev–Trinajstić information content (AvgIpc) is 3.35. The number of rotatable bonds is 7. The van der Waals surface area contributed by atoms with E-state index >= 15 is 0 Å². The Kier molecular flexibility index (Phi) is 6.69. The van der Waals surface area contributed by atoms with Crippen molar-refractivity contribution >= 4 is 34.5 Å².